The van der Waals surface area contributed by atoms with Crippen LogP contribution in [-0.2, 0) is 16.1 Å². The number of aromatic nitrogens is 1. The van der Waals surface area contributed by atoms with Crippen molar-refractivity contribution >= 4 is 11.6 Å². The van der Waals surface area contributed by atoms with Gasteiger partial charge in [0.25, 0.3) is 0 Å². The van der Waals surface area contributed by atoms with Crippen LogP contribution in [0.4, 0.5) is 10.1 Å². The van der Waals surface area contributed by atoms with Crippen molar-refractivity contribution in [1.29, 1.82) is 0 Å². The first-order valence-corrected chi connectivity index (χ1v) is 13.4. The molecular weight excluding hydrogens is 457 g/mol. The Hall–Kier alpha value is -2.55. The zero-order valence-electron chi connectivity index (χ0n) is 21.1. The van der Waals surface area contributed by atoms with Crippen LogP contribution in [-0.4, -0.2) is 97.2 Å². The van der Waals surface area contributed by atoms with E-state index in [1.165, 1.54) is 12.1 Å². The fourth-order valence-corrected chi connectivity index (χ4v) is 5.97. The highest BCUT2D eigenvalue weighted by Crippen LogP contribution is 2.28. The zero-order valence-corrected chi connectivity index (χ0v) is 21.1. The first-order valence-electron chi connectivity index (χ1n) is 13.4. The van der Waals surface area contributed by atoms with E-state index in [2.05, 4.69) is 31.8 Å². The Balaban J connectivity index is 1.15. The molecule has 2 aromatic rings. The summed E-state index contributed by atoms with van der Waals surface area (Å²) in [6, 6.07) is 13.3. The molecule has 1 aromatic carbocycles. The van der Waals surface area contributed by atoms with Crippen molar-refractivity contribution < 1.29 is 13.9 Å². The molecule has 0 aliphatic carbocycles. The van der Waals surface area contributed by atoms with Crippen LogP contribution in [0.15, 0.2) is 48.7 Å². The van der Waals surface area contributed by atoms with Crippen molar-refractivity contribution in [3.63, 3.8) is 0 Å². The summed E-state index contributed by atoms with van der Waals surface area (Å²) in [5.74, 6) is 0.505. The molecule has 0 spiro atoms. The maximum Gasteiger partial charge on any atom is 0.222 e. The van der Waals surface area contributed by atoms with Gasteiger partial charge < -0.3 is 14.5 Å². The van der Waals surface area contributed by atoms with Crippen LogP contribution in [0.1, 0.15) is 25.0 Å². The second kappa shape index (κ2) is 12.1. The van der Waals surface area contributed by atoms with Gasteiger partial charge in [-0.15, -0.1) is 0 Å². The SMILES string of the molecule is O=C(CC[C@H]1CN(Cc2ccccn2)CC[C@H]1N1CCOCC1)N1CCN(c2ccc(F)cc2)CC1. The van der Waals surface area contributed by atoms with E-state index in [4.69, 9.17) is 4.74 Å². The third-order valence-corrected chi connectivity index (χ3v) is 7.96. The van der Waals surface area contributed by atoms with Gasteiger partial charge >= 0.3 is 0 Å². The third kappa shape index (κ3) is 6.41. The minimum Gasteiger partial charge on any atom is -0.379 e. The average Bonchev–Trinajstić information content (AvgIpc) is 2.93. The standard InChI is InChI=1S/C28H38FN5O2/c29-24-5-7-26(8-6-24)32-13-15-34(16-14-32)28(35)9-4-23-21-31(22-25-3-1-2-11-30-25)12-10-27(23)33-17-19-36-20-18-33/h1-3,5-8,11,23,27H,4,9-10,12-22H2/t23-,27+/m0/s1. The summed E-state index contributed by atoms with van der Waals surface area (Å²) in [5, 5.41) is 0. The number of halogens is 1. The number of piperazine rings is 1. The highest BCUT2D eigenvalue weighted by Gasteiger charge is 2.34. The lowest BCUT2D eigenvalue weighted by atomic mass is 9.86. The molecular formula is C28H38FN5O2. The Bertz CT molecular complexity index is 962. The number of amides is 1. The zero-order chi connectivity index (χ0) is 24.7. The fraction of sp³-hybridized carbons (Fsp3) is 0.571. The smallest absolute Gasteiger partial charge is 0.222 e. The quantitative estimate of drug-likeness (QED) is 0.589. The van der Waals surface area contributed by atoms with Gasteiger partial charge in [0, 0.05) is 83.2 Å². The number of carbonyl (C=O) groups excluding carboxylic acids is 1. The van der Waals surface area contributed by atoms with Gasteiger partial charge in [-0.1, -0.05) is 6.07 Å². The van der Waals surface area contributed by atoms with E-state index in [9.17, 15) is 9.18 Å². The van der Waals surface area contributed by atoms with Crippen molar-refractivity contribution in [1.82, 2.24) is 19.7 Å². The van der Waals surface area contributed by atoms with E-state index in [0.717, 1.165) is 96.3 Å². The molecule has 7 nitrogen and oxygen atoms in total. The number of anilines is 1. The highest BCUT2D eigenvalue weighted by atomic mass is 19.1. The van der Waals surface area contributed by atoms with E-state index < -0.39 is 0 Å². The van der Waals surface area contributed by atoms with E-state index in [-0.39, 0.29) is 11.7 Å². The molecule has 4 heterocycles. The summed E-state index contributed by atoms with van der Waals surface area (Å²) >= 11 is 0. The minimum atomic E-state index is -0.218. The molecule has 1 aromatic heterocycles. The largest absolute Gasteiger partial charge is 0.379 e. The number of benzene rings is 1. The summed E-state index contributed by atoms with van der Waals surface area (Å²) in [4.78, 5) is 27.1. The second-order valence-corrected chi connectivity index (χ2v) is 10.2. The number of hydrogen-bond acceptors (Lipinski definition) is 6. The van der Waals surface area contributed by atoms with Gasteiger partial charge in [0.05, 0.1) is 18.9 Å². The van der Waals surface area contributed by atoms with E-state index >= 15 is 0 Å². The predicted octanol–water partition coefficient (Wildman–Crippen LogP) is 2.87. The van der Waals surface area contributed by atoms with Gasteiger partial charge in [-0.3, -0.25) is 19.6 Å². The van der Waals surface area contributed by atoms with Gasteiger partial charge in [-0.05, 0) is 55.2 Å². The molecule has 2 atom stereocenters. The van der Waals surface area contributed by atoms with Crippen molar-refractivity contribution in [2.24, 2.45) is 5.92 Å². The molecule has 3 aliphatic rings. The molecule has 0 radical (unpaired) electrons. The van der Waals surface area contributed by atoms with Crippen molar-refractivity contribution in [3.05, 3.63) is 60.2 Å². The summed E-state index contributed by atoms with van der Waals surface area (Å²) in [7, 11) is 0. The van der Waals surface area contributed by atoms with Crippen molar-refractivity contribution in [2.75, 3.05) is 70.5 Å². The van der Waals surface area contributed by atoms with E-state index in [1.807, 2.05) is 29.3 Å². The lowest BCUT2D eigenvalue weighted by molar-refractivity contribution is -0.132. The summed E-state index contributed by atoms with van der Waals surface area (Å²) in [5.41, 5.74) is 2.13. The third-order valence-electron chi connectivity index (χ3n) is 7.96. The minimum absolute atomic E-state index is 0.218. The number of nitrogens with zero attached hydrogens (tertiary/aromatic N) is 5. The molecule has 8 heteroatoms. The molecule has 36 heavy (non-hydrogen) atoms. The van der Waals surface area contributed by atoms with Crippen LogP contribution in [0.25, 0.3) is 0 Å². The lowest BCUT2D eigenvalue weighted by Gasteiger charge is -2.45. The number of pyridine rings is 1. The van der Waals surface area contributed by atoms with Crippen LogP contribution < -0.4 is 4.90 Å². The average molecular weight is 496 g/mol. The van der Waals surface area contributed by atoms with Crippen LogP contribution in [0, 0.1) is 11.7 Å². The first-order chi connectivity index (χ1) is 17.7. The normalized spacial score (nSPS) is 24.1. The molecule has 0 saturated carbocycles. The number of hydrogen-bond donors (Lipinski definition) is 0. The summed E-state index contributed by atoms with van der Waals surface area (Å²) in [6.07, 6.45) is 4.50. The molecule has 5 rings (SSSR count). The van der Waals surface area contributed by atoms with Gasteiger partial charge in [-0.25, -0.2) is 4.39 Å². The van der Waals surface area contributed by atoms with E-state index in [0.29, 0.717) is 18.4 Å². The predicted molar refractivity (Wildman–Crippen MR) is 138 cm³/mol. The summed E-state index contributed by atoms with van der Waals surface area (Å²) in [6.45, 7) is 9.53. The number of morpholine rings is 1. The lowest BCUT2D eigenvalue weighted by Crippen LogP contribution is -2.54. The van der Waals surface area contributed by atoms with Gasteiger partial charge in [0.1, 0.15) is 5.82 Å². The number of piperidine rings is 1. The molecule has 0 unspecified atom stereocenters. The van der Waals surface area contributed by atoms with Crippen LogP contribution in [0.2, 0.25) is 0 Å². The fourth-order valence-electron chi connectivity index (χ4n) is 5.97. The van der Waals surface area contributed by atoms with Crippen LogP contribution in [0.5, 0.6) is 0 Å². The topological polar surface area (TPSA) is 52.2 Å². The van der Waals surface area contributed by atoms with Crippen LogP contribution in [0.3, 0.4) is 0 Å². The Morgan fingerprint density at radius 3 is 2.47 bits per heavy atom. The van der Waals surface area contributed by atoms with Crippen molar-refractivity contribution in [2.45, 2.75) is 31.8 Å². The number of rotatable bonds is 7. The van der Waals surface area contributed by atoms with Gasteiger partial charge in [0.2, 0.25) is 5.91 Å². The monoisotopic (exact) mass is 495 g/mol. The van der Waals surface area contributed by atoms with Gasteiger partial charge in [0.15, 0.2) is 0 Å². The highest BCUT2D eigenvalue weighted by molar-refractivity contribution is 5.76. The summed E-state index contributed by atoms with van der Waals surface area (Å²) < 4.78 is 18.9. The maximum atomic E-state index is 13.3. The Morgan fingerprint density at radius 1 is 0.972 bits per heavy atom. The van der Waals surface area contributed by atoms with Crippen molar-refractivity contribution in [3.8, 4) is 0 Å². The van der Waals surface area contributed by atoms with Crippen LogP contribution >= 0.6 is 0 Å². The Kier molecular flexibility index (Phi) is 8.46. The second-order valence-electron chi connectivity index (χ2n) is 10.2. The molecule has 0 bridgehead atoms. The molecule has 0 N–H and O–H groups in total. The van der Waals surface area contributed by atoms with Gasteiger partial charge in [-0.2, -0.15) is 0 Å². The molecule has 3 saturated heterocycles. The number of carbonyl (C=O) groups is 1. The first kappa shape index (κ1) is 25.1. The molecule has 194 valence electrons. The Morgan fingerprint density at radius 2 is 1.75 bits per heavy atom. The van der Waals surface area contributed by atoms with E-state index in [1.54, 1.807) is 0 Å². The maximum absolute atomic E-state index is 13.3. The number of likely N-dealkylation sites (tertiary alicyclic amines) is 1. The molecule has 3 aliphatic heterocycles. The molecule has 3 fully saturated rings. The number of ether oxygens (including phenoxy) is 1. The molecule has 1 amide bonds. The Labute approximate surface area is 213 Å².